The molecular formula is C10H7BrN2O2S. The molecule has 0 fully saturated rings. The zero-order valence-electron chi connectivity index (χ0n) is 8.09. The van der Waals surface area contributed by atoms with Crippen molar-refractivity contribution in [1.29, 1.82) is 0 Å². The van der Waals surface area contributed by atoms with Crippen molar-refractivity contribution in [3.63, 3.8) is 0 Å². The summed E-state index contributed by atoms with van der Waals surface area (Å²) in [6, 6.07) is 4.88. The first-order valence-electron chi connectivity index (χ1n) is 4.46. The maximum atomic E-state index is 11.8. The molecule has 16 heavy (non-hydrogen) atoms. The molecule has 0 aliphatic heterocycles. The summed E-state index contributed by atoms with van der Waals surface area (Å²) >= 11 is 4.64. The fraction of sp³-hybridized carbons (Fsp3) is 0.100. The molecule has 0 aliphatic rings. The fourth-order valence-corrected chi connectivity index (χ4v) is 2.51. The Kier molecular flexibility index (Phi) is 3.31. The van der Waals surface area contributed by atoms with Crippen molar-refractivity contribution in [3.8, 4) is 0 Å². The molecule has 82 valence electrons. The topological polar surface area (TPSA) is 52.0 Å². The van der Waals surface area contributed by atoms with E-state index >= 15 is 0 Å². The number of carbonyl (C=O) groups is 1. The van der Waals surface area contributed by atoms with Crippen molar-refractivity contribution in [2.24, 2.45) is 0 Å². The van der Waals surface area contributed by atoms with Crippen LogP contribution in [-0.4, -0.2) is 15.3 Å². The van der Waals surface area contributed by atoms with Crippen molar-refractivity contribution in [2.45, 2.75) is 6.54 Å². The number of rotatable bonds is 3. The lowest BCUT2D eigenvalue weighted by molar-refractivity contribution is 0.0974. The van der Waals surface area contributed by atoms with Gasteiger partial charge < -0.3 is 0 Å². The van der Waals surface area contributed by atoms with Crippen molar-refractivity contribution in [3.05, 3.63) is 49.7 Å². The summed E-state index contributed by atoms with van der Waals surface area (Å²) in [5, 5.41) is 0. The standard InChI is InChI=1S/C10H7BrN2O2S/c11-9-2-1-8(16-9)7(14)5-13-6-12-4-3-10(13)15/h1-4,6H,5H2. The van der Waals surface area contributed by atoms with Gasteiger partial charge in [-0.25, -0.2) is 4.98 Å². The van der Waals surface area contributed by atoms with Crippen LogP contribution in [0.5, 0.6) is 0 Å². The molecule has 0 N–H and O–H groups in total. The lowest BCUT2D eigenvalue weighted by Gasteiger charge is -2.01. The first kappa shape index (κ1) is 11.2. The van der Waals surface area contributed by atoms with Crippen molar-refractivity contribution in [2.75, 3.05) is 0 Å². The highest BCUT2D eigenvalue weighted by molar-refractivity contribution is 9.11. The van der Waals surface area contributed by atoms with Gasteiger partial charge in [-0.3, -0.25) is 14.2 Å². The van der Waals surface area contributed by atoms with Crippen LogP contribution in [0.1, 0.15) is 9.67 Å². The number of thiophene rings is 1. The smallest absolute Gasteiger partial charge is 0.253 e. The molecule has 0 saturated carbocycles. The molecule has 0 aromatic carbocycles. The summed E-state index contributed by atoms with van der Waals surface area (Å²) in [6.45, 7) is 0.0274. The number of hydrogen-bond donors (Lipinski definition) is 0. The van der Waals surface area contributed by atoms with Gasteiger partial charge in [-0.2, -0.15) is 0 Å². The lowest BCUT2D eigenvalue weighted by atomic mass is 10.3. The van der Waals surface area contributed by atoms with Crippen LogP contribution in [0.2, 0.25) is 0 Å². The third-order valence-corrected chi connectivity index (χ3v) is 3.62. The second-order valence-electron chi connectivity index (χ2n) is 3.07. The Morgan fingerprint density at radius 3 is 2.88 bits per heavy atom. The number of ketones is 1. The molecule has 6 heteroatoms. The van der Waals surface area contributed by atoms with Crippen LogP contribution in [0.4, 0.5) is 0 Å². The summed E-state index contributed by atoms with van der Waals surface area (Å²) in [5.41, 5.74) is -0.223. The minimum absolute atomic E-state index is 0.0274. The Morgan fingerprint density at radius 1 is 1.44 bits per heavy atom. The van der Waals surface area contributed by atoms with E-state index in [-0.39, 0.29) is 17.9 Å². The highest BCUT2D eigenvalue weighted by Crippen LogP contribution is 2.22. The van der Waals surface area contributed by atoms with Gasteiger partial charge in [-0.15, -0.1) is 11.3 Å². The number of Topliss-reactive ketones (excluding diaryl/α,β-unsaturated/α-hetero) is 1. The first-order chi connectivity index (χ1) is 7.66. The van der Waals surface area contributed by atoms with Crippen LogP contribution in [0.3, 0.4) is 0 Å². The van der Waals surface area contributed by atoms with Crippen LogP contribution >= 0.6 is 27.3 Å². The van der Waals surface area contributed by atoms with E-state index in [2.05, 4.69) is 20.9 Å². The quantitative estimate of drug-likeness (QED) is 0.814. The highest BCUT2D eigenvalue weighted by atomic mass is 79.9. The first-order valence-corrected chi connectivity index (χ1v) is 6.07. The number of halogens is 1. The Labute approximate surface area is 104 Å². The fourth-order valence-electron chi connectivity index (χ4n) is 1.19. The molecule has 0 radical (unpaired) electrons. The Bertz CT molecular complexity index is 576. The number of aromatic nitrogens is 2. The van der Waals surface area contributed by atoms with Gasteiger partial charge >= 0.3 is 0 Å². The van der Waals surface area contributed by atoms with E-state index < -0.39 is 0 Å². The summed E-state index contributed by atoms with van der Waals surface area (Å²) < 4.78 is 2.19. The number of carbonyl (C=O) groups excluding carboxylic acids is 1. The SMILES string of the molecule is O=C(Cn1cnccc1=O)c1ccc(Br)s1. The van der Waals surface area contributed by atoms with E-state index in [1.54, 1.807) is 6.07 Å². The summed E-state index contributed by atoms with van der Waals surface area (Å²) in [7, 11) is 0. The molecular weight excluding hydrogens is 292 g/mol. The zero-order chi connectivity index (χ0) is 11.5. The van der Waals surface area contributed by atoms with Gasteiger partial charge in [0.15, 0.2) is 5.78 Å². The zero-order valence-corrected chi connectivity index (χ0v) is 10.5. The Hall–Kier alpha value is -1.27. The van der Waals surface area contributed by atoms with Gasteiger partial charge in [0.05, 0.1) is 21.5 Å². The van der Waals surface area contributed by atoms with Crippen molar-refractivity contribution >= 4 is 33.0 Å². The molecule has 2 aromatic heterocycles. The molecule has 2 aromatic rings. The average molecular weight is 299 g/mol. The maximum absolute atomic E-state index is 11.8. The third-order valence-electron chi connectivity index (χ3n) is 1.95. The molecule has 0 amide bonds. The summed E-state index contributed by atoms with van der Waals surface area (Å²) in [4.78, 5) is 27.6. The van der Waals surface area contributed by atoms with Crippen molar-refractivity contribution < 1.29 is 4.79 Å². The largest absolute Gasteiger partial charge is 0.291 e. The van der Waals surface area contributed by atoms with Gasteiger partial charge in [0.2, 0.25) is 0 Å². The Balaban J connectivity index is 2.20. The minimum atomic E-state index is -0.223. The second-order valence-corrected chi connectivity index (χ2v) is 5.54. The molecule has 0 saturated heterocycles. The van der Waals surface area contributed by atoms with E-state index in [4.69, 9.17) is 0 Å². The third kappa shape index (κ3) is 2.45. The van der Waals surface area contributed by atoms with E-state index in [0.717, 1.165) is 3.79 Å². The van der Waals surface area contributed by atoms with Gasteiger partial charge in [-0.05, 0) is 28.1 Å². The normalized spacial score (nSPS) is 10.3. The minimum Gasteiger partial charge on any atom is -0.291 e. The maximum Gasteiger partial charge on any atom is 0.253 e. The summed E-state index contributed by atoms with van der Waals surface area (Å²) in [6.07, 6.45) is 2.77. The van der Waals surface area contributed by atoms with E-state index in [1.165, 1.54) is 34.5 Å². The molecule has 0 bridgehead atoms. The molecule has 0 atom stereocenters. The average Bonchev–Trinajstić information content (AvgIpc) is 2.68. The molecule has 4 nitrogen and oxygen atoms in total. The van der Waals surface area contributed by atoms with Gasteiger partial charge in [0.1, 0.15) is 0 Å². The number of nitrogens with zero attached hydrogens (tertiary/aromatic N) is 2. The Morgan fingerprint density at radius 2 is 2.25 bits per heavy atom. The predicted octanol–water partition coefficient (Wildman–Crippen LogP) is 1.95. The molecule has 0 spiro atoms. The van der Waals surface area contributed by atoms with Crippen LogP contribution < -0.4 is 5.56 Å². The lowest BCUT2D eigenvalue weighted by Crippen LogP contribution is -2.22. The monoisotopic (exact) mass is 298 g/mol. The van der Waals surface area contributed by atoms with Gasteiger partial charge in [0, 0.05) is 12.3 Å². The van der Waals surface area contributed by atoms with Gasteiger partial charge in [0.25, 0.3) is 5.56 Å². The van der Waals surface area contributed by atoms with Crippen molar-refractivity contribution in [1.82, 2.24) is 9.55 Å². The number of hydrogen-bond acceptors (Lipinski definition) is 4. The highest BCUT2D eigenvalue weighted by Gasteiger charge is 2.09. The predicted molar refractivity (Wildman–Crippen MR) is 64.8 cm³/mol. The molecule has 2 heterocycles. The summed E-state index contributed by atoms with van der Waals surface area (Å²) in [5.74, 6) is -0.0919. The van der Waals surface area contributed by atoms with Crippen LogP contribution in [0.15, 0.2) is 39.3 Å². The molecule has 0 aliphatic carbocycles. The van der Waals surface area contributed by atoms with Crippen LogP contribution in [0, 0.1) is 0 Å². The second kappa shape index (κ2) is 4.71. The molecule has 2 rings (SSSR count). The van der Waals surface area contributed by atoms with E-state index in [9.17, 15) is 9.59 Å². The molecule has 0 unspecified atom stereocenters. The van der Waals surface area contributed by atoms with Gasteiger partial charge in [-0.1, -0.05) is 0 Å². The van der Waals surface area contributed by atoms with E-state index in [1.807, 2.05) is 6.07 Å². The van der Waals surface area contributed by atoms with Crippen LogP contribution in [-0.2, 0) is 6.54 Å². The van der Waals surface area contributed by atoms with E-state index in [0.29, 0.717) is 4.88 Å². The van der Waals surface area contributed by atoms with Crippen LogP contribution in [0.25, 0.3) is 0 Å².